The Morgan fingerprint density at radius 2 is 0.750 bits per heavy atom. The Morgan fingerprint density at radius 3 is 1.17 bits per heavy atom. The normalized spacial score (nSPS) is 17.3. The summed E-state index contributed by atoms with van der Waals surface area (Å²) in [5.74, 6) is 2.25. The molecule has 16 heteroatoms. The number of nitrogens with two attached hydrogens (primary N) is 2. The highest BCUT2D eigenvalue weighted by molar-refractivity contribution is 7.75. The minimum atomic E-state index is -4.14. The largest absolute Gasteiger partial charge is 0.460 e. The SMILES string of the molecule is Nc1cccc(OP2(Oc3ccccc3)=NP=NP(Oc3ccccc3)(Oc3ccccc3)=NP(Oc3ccccc3)(Oc3ccccc3)=N2)c1N. The number of anilines is 2. The lowest BCUT2D eigenvalue weighted by atomic mass is 10.2. The van der Waals surface area contributed by atoms with Gasteiger partial charge in [0, 0.05) is 0 Å². The lowest BCUT2D eigenvalue weighted by molar-refractivity contribution is 0.454. The molecule has 0 aromatic heterocycles. The lowest BCUT2D eigenvalue weighted by Crippen LogP contribution is -2.08. The van der Waals surface area contributed by atoms with Crippen LogP contribution < -0.4 is 38.6 Å². The van der Waals surface area contributed by atoms with Crippen LogP contribution in [0.1, 0.15) is 0 Å². The minimum Gasteiger partial charge on any atom is -0.413 e. The van der Waals surface area contributed by atoms with E-state index in [1.165, 1.54) is 0 Å². The van der Waals surface area contributed by atoms with Crippen LogP contribution in [0.3, 0.4) is 0 Å². The van der Waals surface area contributed by atoms with Crippen molar-refractivity contribution < 1.29 is 27.1 Å². The molecular formula is C36H32N6O6P4. The van der Waals surface area contributed by atoms with Crippen LogP contribution in [0.4, 0.5) is 11.4 Å². The van der Waals surface area contributed by atoms with Crippen molar-refractivity contribution in [1.29, 1.82) is 0 Å². The first-order valence-corrected chi connectivity index (χ1v) is 21.2. The van der Waals surface area contributed by atoms with Crippen molar-refractivity contribution in [1.82, 2.24) is 0 Å². The van der Waals surface area contributed by atoms with Gasteiger partial charge in [0.05, 0.1) is 11.4 Å². The van der Waals surface area contributed by atoms with Gasteiger partial charge in [0.1, 0.15) is 28.7 Å². The summed E-state index contributed by atoms with van der Waals surface area (Å²) < 4.78 is 60.5. The van der Waals surface area contributed by atoms with Crippen LogP contribution in [-0.2, 0) is 0 Å². The van der Waals surface area contributed by atoms with Crippen LogP contribution in [0.5, 0.6) is 34.5 Å². The summed E-state index contributed by atoms with van der Waals surface area (Å²) in [5.41, 5.74) is 13.1. The third-order valence-electron chi connectivity index (χ3n) is 6.91. The van der Waals surface area contributed by atoms with Crippen molar-refractivity contribution in [2.24, 2.45) is 18.1 Å². The number of nitrogen functional groups attached to an aromatic ring is 2. The molecule has 7 rings (SSSR count). The molecule has 4 N–H and O–H groups in total. The predicted molar refractivity (Wildman–Crippen MR) is 209 cm³/mol. The summed E-state index contributed by atoms with van der Waals surface area (Å²) in [6.07, 6.45) is 0. The van der Waals surface area contributed by atoms with E-state index in [9.17, 15) is 0 Å². The Morgan fingerprint density at radius 1 is 0.385 bits per heavy atom. The van der Waals surface area contributed by atoms with Gasteiger partial charge in [-0.1, -0.05) is 106 Å². The van der Waals surface area contributed by atoms with Crippen LogP contribution in [0.2, 0.25) is 0 Å². The Hall–Kier alpha value is -5.49. The maximum atomic E-state index is 6.81. The fraction of sp³-hybridized carbons (Fsp3) is 0. The second kappa shape index (κ2) is 15.8. The van der Waals surface area contributed by atoms with Gasteiger partial charge in [-0.05, 0) is 72.8 Å². The van der Waals surface area contributed by atoms with Crippen molar-refractivity contribution >= 4 is 42.9 Å². The molecular weight excluding hydrogens is 736 g/mol. The molecule has 0 saturated heterocycles. The van der Waals surface area contributed by atoms with Gasteiger partial charge in [0.15, 0.2) is 14.3 Å². The van der Waals surface area contributed by atoms with Crippen LogP contribution in [-0.4, -0.2) is 0 Å². The van der Waals surface area contributed by atoms with Crippen LogP contribution in [0, 0.1) is 0 Å². The highest BCUT2D eigenvalue weighted by Gasteiger charge is 2.43. The monoisotopic (exact) mass is 768 g/mol. The van der Waals surface area contributed by atoms with E-state index in [-0.39, 0.29) is 20.0 Å². The summed E-state index contributed by atoms with van der Waals surface area (Å²) >= 11 is 0. The molecule has 1 atom stereocenters. The number of hydrogen-bond donors (Lipinski definition) is 2. The molecule has 0 amide bonds. The van der Waals surface area contributed by atoms with E-state index in [0.717, 1.165) is 0 Å². The van der Waals surface area contributed by atoms with E-state index in [1.54, 1.807) is 78.9 Å². The highest BCUT2D eigenvalue weighted by atomic mass is 31.3. The van der Waals surface area contributed by atoms with Crippen molar-refractivity contribution in [3.8, 4) is 34.5 Å². The molecule has 52 heavy (non-hydrogen) atoms. The summed E-state index contributed by atoms with van der Waals surface area (Å²) in [6, 6.07) is 50.3. The summed E-state index contributed by atoms with van der Waals surface area (Å²) in [4.78, 5) is 0. The first-order valence-electron chi connectivity index (χ1n) is 15.8. The second-order valence-electron chi connectivity index (χ2n) is 10.8. The molecule has 0 aliphatic carbocycles. The van der Waals surface area contributed by atoms with Crippen LogP contribution in [0.25, 0.3) is 0 Å². The maximum absolute atomic E-state index is 6.81. The van der Waals surface area contributed by atoms with E-state index in [0.29, 0.717) is 34.4 Å². The van der Waals surface area contributed by atoms with Gasteiger partial charge in [-0.15, -0.1) is 9.03 Å². The first kappa shape index (κ1) is 34.9. The maximum Gasteiger partial charge on any atom is 0.460 e. The lowest BCUT2D eigenvalue weighted by Gasteiger charge is -2.29. The quantitative estimate of drug-likeness (QED) is 0.0920. The van der Waals surface area contributed by atoms with E-state index in [4.69, 9.17) is 56.7 Å². The van der Waals surface area contributed by atoms with Crippen molar-refractivity contribution in [3.63, 3.8) is 0 Å². The fourth-order valence-corrected chi connectivity index (χ4v) is 13.8. The zero-order valence-electron chi connectivity index (χ0n) is 27.3. The Bertz CT molecular complexity index is 2230. The molecule has 0 fully saturated rings. The van der Waals surface area contributed by atoms with E-state index in [1.807, 2.05) is 91.0 Å². The average molecular weight is 769 g/mol. The number of rotatable bonds is 12. The number of hydrogen-bond acceptors (Lipinski definition) is 12. The van der Waals surface area contributed by atoms with Crippen LogP contribution >= 0.6 is 31.5 Å². The van der Waals surface area contributed by atoms with Crippen molar-refractivity contribution in [2.45, 2.75) is 0 Å². The molecule has 262 valence electrons. The number of para-hydroxylation sites is 6. The molecule has 0 radical (unpaired) electrons. The average Bonchev–Trinajstić information content (AvgIpc) is 3.15. The zero-order chi connectivity index (χ0) is 35.7. The third kappa shape index (κ3) is 8.68. The van der Waals surface area contributed by atoms with Gasteiger partial charge >= 0.3 is 23.0 Å². The molecule has 6 aromatic carbocycles. The topological polar surface area (TPSA) is 157 Å². The van der Waals surface area contributed by atoms with Gasteiger partial charge in [0.25, 0.3) is 0 Å². The summed E-state index contributed by atoms with van der Waals surface area (Å²) in [6.45, 7) is 0. The first-order chi connectivity index (χ1) is 25.4. The van der Waals surface area contributed by atoms with Gasteiger partial charge in [-0.3, -0.25) is 0 Å². The fourth-order valence-electron chi connectivity index (χ4n) is 4.60. The van der Waals surface area contributed by atoms with E-state index >= 15 is 0 Å². The summed E-state index contributed by atoms with van der Waals surface area (Å²) in [7, 11) is -11.8. The summed E-state index contributed by atoms with van der Waals surface area (Å²) in [5, 5.41) is 0. The molecule has 0 spiro atoms. The number of nitrogens with zero attached hydrogens (tertiary/aromatic N) is 4. The standard InChI is InChI=1S/C36H32N6O6P4/c37-34-27-16-28-35(36(34)38)48-51(45-31-21-10-3-11-22-31)40-49-39-50(43-29-17-6-1-7-18-29,44-30-19-8-2-9-20-30)41-52(42-51,46-32-23-12-4-13-24-32)47-33-25-14-5-15-26-33/h1-28H,37-38H2. The molecule has 1 unspecified atom stereocenters. The molecule has 1 aliphatic heterocycles. The molecule has 1 aliphatic rings. The Kier molecular flexibility index (Phi) is 10.6. The van der Waals surface area contributed by atoms with Crippen molar-refractivity contribution in [3.05, 3.63) is 170 Å². The molecule has 6 aromatic rings. The second-order valence-corrected chi connectivity index (χ2v) is 17.9. The molecule has 0 bridgehead atoms. The Labute approximate surface area is 303 Å². The predicted octanol–water partition coefficient (Wildman–Crippen LogP) is 12.5. The molecule has 0 saturated carbocycles. The van der Waals surface area contributed by atoms with Gasteiger partial charge in [-0.2, -0.15) is 0 Å². The highest BCUT2D eigenvalue weighted by Crippen LogP contribution is 2.74. The zero-order valence-corrected chi connectivity index (χ0v) is 30.9. The van der Waals surface area contributed by atoms with Gasteiger partial charge in [-0.25, -0.2) is 0 Å². The molecule has 12 nitrogen and oxygen atoms in total. The van der Waals surface area contributed by atoms with Crippen molar-refractivity contribution in [2.75, 3.05) is 11.5 Å². The van der Waals surface area contributed by atoms with E-state index in [2.05, 4.69) is 0 Å². The Balaban J connectivity index is 1.55. The van der Waals surface area contributed by atoms with Gasteiger partial charge in [0.2, 0.25) is 0 Å². The minimum absolute atomic E-state index is 0.0705. The number of benzene rings is 6. The molecule has 1 heterocycles. The van der Waals surface area contributed by atoms with Crippen LogP contribution in [0.15, 0.2) is 188 Å². The smallest absolute Gasteiger partial charge is 0.413 e. The third-order valence-corrected chi connectivity index (χ3v) is 15.7. The van der Waals surface area contributed by atoms with Gasteiger partial charge < -0.3 is 38.6 Å². The van der Waals surface area contributed by atoms with E-state index < -0.39 is 23.0 Å².